The molecule has 1 unspecified atom stereocenters. The normalized spacial score (nSPS) is 15.2. The molecule has 0 spiro atoms. The molecular formula is C30H32N2O2. The van der Waals surface area contributed by atoms with E-state index >= 15 is 0 Å². The summed E-state index contributed by atoms with van der Waals surface area (Å²) in [6.07, 6.45) is 6.45. The van der Waals surface area contributed by atoms with E-state index in [0.717, 1.165) is 22.6 Å². The van der Waals surface area contributed by atoms with Crippen LogP contribution in [0.3, 0.4) is 0 Å². The first-order valence-electron chi connectivity index (χ1n) is 12.4. The van der Waals surface area contributed by atoms with Gasteiger partial charge in [0.05, 0.1) is 17.8 Å². The zero-order valence-corrected chi connectivity index (χ0v) is 19.7. The Morgan fingerprint density at radius 3 is 2.12 bits per heavy atom. The van der Waals surface area contributed by atoms with Gasteiger partial charge in [0.15, 0.2) is 0 Å². The molecule has 1 aliphatic rings. The van der Waals surface area contributed by atoms with Crippen LogP contribution in [-0.4, -0.2) is 15.9 Å². The summed E-state index contributed by atoms with van der Waals surface area (Å²) in [6, 6.07) is 28.4. The summed E-state index contributed by atoms with van der Waals surface area (Å²) in [5, 5.41) is 3.36. The predicted octanol–water partition coefficient (Wildman–Crippen LogP) is 7.03. The van der Waals surface area contributed by atoms with E-state index in [1.165, 1.54) is 37.7 Å². The molecule has 5 rings (SSSR count). The molecule has 0 aliphatic heterocycles. The third kappa shape index (κ3) is 4.86. The van der Waals surface area contributed by atoms with E-state index in [2.05, 4.69) is 29.4 Å². The highest BCUT2D eigenvalue weighted by Gasteiger charge is 2.19. The van der Waals surface area contributed by atoms with Crippen LogP contribution in [0.2, 0.25) is 0 Å². The van der Waals surface area contributed by atoms with Crippen molar-refractivity contribution in [2.45, 2.75) is 57.6 Å². The standard InChI is InChI=1S/C30H32N2O2/c1-22(34-27-19-17-24(18-20-27)23-11-5-2-6-12-23)21-32-30(33)28(25-13-7-3-8-14-25)29(31-32)26-15-9-4-10-16-26/h3-4,7-10,13-20,22-23,31H,2,5-6,11-12,21H2,1H3. The molecule has 1 saturated carbocycles. The van der Waals surface area contributed by atoms with Crippen LogP contribution in [0.15, 0.2) is 89.7 Å². The third-order valence-corrected chi connectivity index (χ3v) is 6.81. The summed E-state index contributed by atoms with van der Waals surface area (Å²) in [5.41, 5.74) is 4.81. The molecule has 4 heteroatoms. The smallest absolute Gasteiger partial charge is 0.275 e. The monoisotopic (exact) mass is 452 g/mol. The summed E-state index contributed by atoms with van der Waals surface area (Å²) in [4.78, 5) is 13.4. The molecule has 34 heavy (non-hydrogen) atoms. The highest BCUT2D eigenvalue weighted by atomic mass is 16.5. The SMILES string of the molecule is CC(Cn1[nH]c(-c2ccccc2)c(-c2ccccc2)c1=O)Oc1ccc(C2CCCCC2)cc1. The average molecular weight is 453 g/mol. The van der Waals surface area contributed by atoms with Crippen LogP contribution in [0, 0.1) is 0 Å². The van der Waals surface area contributed by atoms with Gasteiger partial charge in [-0.3, -0.25) is 9.89 Å². The highest BCUT2D eigenvalue weighted by Crippen LogP contribution is 2.33. The number of nitrogens with zero attached hydrogens (tertiary/aromatic N) is 1. The number of hydrogen-bond acceptors (Lipinski definition) is 2. The molecule has 0 amide bonds. The number of rotatable bonds is 7. The second-order valence-electron chi connectivity index (χ2n) is 9.34. The van der Waals surface area contributed by atoms with E-state index in [1.54, 1.807) is 4.68 Å². The highest BCUT2D eigenvalue weighted by molar-refractivity contribution is 5.80. The molecule has 4 aromatic rings. The Morgan fingerprint density at radius 1 is 0.853 bits per heavy atom. The summed E-state index contributed by atoms with van der Waals surface area (Å²) in [6.45, 7) is 2.45. The van der Waals surface area contributed by atoms with Gasteiger partial charge >= 0.3 is 0 Å². The summed E-state index contributed by atoms with van der Waals surface area (Å²) >= 11 is 0. The molecule has 3 aromatic carbocycles. The van der Waals surface area contributed by atoms with Gasteiger partial charge in [-0.05, 0) is 48.9 Å². The maximum absolute atomic E-state index is 13.4. The average Bonchev–Trinajstić information content (AvgIpc) is 3.21. The summed E-state index contributed by atoms with van der Waals surface area (Å²) in [5.74, 6) is 1.53. The first-order valence-corrected chi connectivity index (χ1v) is 12.4. The van der Waals surface area contributed by atoms with Crippen molar-refractivity contribution < 1.29 is 4.74 Å². The van der Waals surface area contributed by atoms with E-state index in [0.29, 0.717) is 18.0 Å². The van der Waals surface area contributed by atoms with Crippen LogP contribution < -0.4 is 10.3 Å². The maximum Gasteiger partial charge on any atom is 0.275 e. The maximum atomic E-state index is 13.4. The Labute approximate surface area is 201 Å². The van der Waals surface area contributed by atoms with E-state index in [9.17, 15) is 4.79 Å². The molecule has 4 nitrogen and oxygen atoms in total. The van der Waals surface area contributed by atoms with Gasteiger partial charge < -0.3 is 4.74 Å². The zero-order valence-electron chi connectivity index (χ0n) is 19.7. The van der Waals surface area contributed by atoms with Crippen molar-refractivity contribution >= 4 is 0 Å². The van der Waals surface area contributed by atoms with Gasteiger partial charge in [0, 0.05) is 5.56 Å². The number of aromatic nitrogens is 2. The molecule has 0 radical (unpaired) electrons. The minimum absolute atomic E-state index is 0.0341. The quantitative estimate of drug-likeness (QED) is 0.327. The lowest BCUT2D eigenvalue weighted by molar-refractivity contribution is 0.192. The number of aromatic amines is 1. The van der Waals surface area contributed by atoms with Crippen LogP contribution in [0.1, 0.15) is 50.5 Å². The lowest BCUT2D eigenvalue weighted by Crippen LogP contribution is -2.27. The van der Waals surface area contributed by atoms with Crippen molar-refractivity contribution in [3.8, 4) is 28.1 Å². The minimum atomic E-state index is -0.163. The summed E-state index contributed by atoms with van der Waals surface area (Å²) in [7, 11) is 0. The fourth-order valence-corrected chi connectivity index (χ4v) is 5.08. The van der Waals surface area contributed by atoms with E-state index in [1.807, 2.05) is 67.6 Å². The first kappa shape index (κ1) is 22.3. The van der Waals surface area contributed by atoms with Crippen molar-refractivity contribution in [2.24, 2.45) is 0 Å². The molecule has 174 valence electrons. The summed E-state index contributed by atoms with van der Waals surface area (Å²) < 4.78 is 7.87. The van der Waals surface area contributed by atoms with Crippen LogP contribution in [0.5, 0.6) is 5.75 Å². The Bertz CT molecular complexity index is 1250. The topological polar surface area (TPSA) is 47.0 Å². The molecule has 0 saturated heterocycles. The first-order chi connectivity index (χ1) is 16.7. The molecule has 1 N–H and O–H groups in total. The lowest BCUT2D eigenvalue weighted by Gasteiger charge is -2.22. The largest absolute Gasteiger partial charge is 0.489 e. The second kappa shape index (κ2) is 10.2. The van der Waals surface area contributed by atoms with Crippen molar-refractivity contribution in [1.29, 1.82) is 0 Å². The van der Waals surface area contributed by atoms with Gasteiger partial charge in [-0.1, -0.05) is 92.1 Å². The number of H-pyrrole nitrogens is 1. The van der Waals surface area contributed by atoms with Gasteiger partial charge in [-0.15, -0.1) is 0 Å². The molecule has 1 aliphatic carbocycles. The number of benzene rings is 3. The van der Waals surface area contributed by atoms with Crippen LogP contribution in [0.25, 0.3) is 22.4 Å². The molecule has 0 bridgehead atoms. The van der Waals surface area contributed by atoms with Gasteiger partial charge in [-0.2, -0.15) is 0 Å². The predicted molar refractivity (Wildman–Crippen MR) is 138 cm³/mol. The van der Waals surface area contributed by atoms with E-state index < -0.39 is 0 Å². The molecule has 1 fully saturated rings. The Kier molecular flexibility index (Phi) is 6.66. The van der Waals surface area contributed by atoms with Crippen LogP contribution >= 0.6 is 0 Å². The minimum Gasteiger partial charge on any atom is -0.489 e. The third-order valence-electron chi connectivity index (χ3n) is 6.81. The number of nitrogens with one attached hydrogen (secondary N) is 1. The van der Waals surface area contributed by atoms with E-state index in [4.69, 9.17) is 4.74 Å². The second-order valence-corrected chi connectivity index (χ2v) is 9.34. The Hall–Kier alpha value is -3.53. The van der Waals surface area contributed by atoms with Gasteiger partial charge in [0.25, 0.3) is 5.56 Å². The molecular weight excluding hydrogens is 420 g/mol. The fourth-order valence-electron chi connectivity index (χ4n) is 5.08. The van der Waals surface area contributed by atoms with E-state index in [-0.39, 0.29) is 11.7 Å². The van der Waals surface area contributed by atoms with Crippen molar-refractivity contribution in [3.63, 3.8) is 0 Å². The molecule has 1 aromatic heterocycles. The fraction of sp³-hybridized carbons (Fsp3) is 0.300. The Morgan fingerprint density at radius 2 is 1.47 bits per heavy atom. The van der Waals surface area contributed by atoms with Gasteiger partial charge in [0.1, 0.15) is 11.9 Å². The van der Waals surface area contributed by atoms with Gasteiger partial charge in [-0.25, -0.2) is 4.68 Å². The molecule has 1 heterocycles. The van der Waals surface area contributed by atoms with Crippen LogP contribution in [0.4, 0.5) is 0 Å². The Balaban J connectivity index is 1.36. The number of ether oxygens (including phenoxy) is 1. The van der Waals surface area contributed by atoms with Gasteiger partial charge in [0.2, 0.25) is 0 Å². The number of hydrogen-bond donors (Lipinski definition) is 1. The van der Waals surface area contributed by atoms with Crippen molar-refractivity contribution in [1.82, 2.24) is 9.78 Å². The van der Waals surface area contributed by atoms with Crippen LogP contribution in [-0.2, 0) is 6.54 Å². The lowest BCUT2D eigenvalue weighted by atomic mass is 9.84. The van der Waals surface area contributed by atoms with Crippen molar-refractivity contribution in [3.05, 3.63) is 101 Å². The zero-order chi connectivity index (χ0) is 23.3. The molecule has 1 atom stereocenters. The van der Waals surface area contributed by atoms with Crippen molar-refractivity contribution in [2.75, 3.05) is 0 Å².